The summed E-state index contributed by atoms with van der Waals surface area (Å²) >= 11 is 11.3. The van der Waals surface area contributed by atoms with Gasteiger partial charge in [0.2, 0.25) is 5.91 Å². The van der Waals surface area contributed by atoms with E-state index in [-0.39, 0.29) is 16.9 Å². The van der Waals surface area contributed by atoms with Crippen LogP contribution in [0.4, 0.5) is 0 Å². The number of hydrogen-bond donors (Lipinski definition) is 2. The van der Waals surface area contributed by atoms with Gasteiger partial charge in [-0.15, -0.1) is 0 Å². The highest BCUT2D eigenvalue weighted by Gasteiger charge is 2.43. The van der Waals surface area contributed by atoms with Crippen molar-refractivity contribution in [3.63, 3.8) is 0 Å². The van der Waals surface area contributed by atoms with Crippen LogP contribution in [0.3, 0.4) is 0 Å². The Labute approximate surface area is 135 Å². The molecule has 0 radical (unpaired) electrons. The van der Waals surface area contributed by atoms with Crippen LogP contribution in [0, 0.1) is 5.41 Å². The molecule has 1 aliphatic heterocycles. The van der Waals surface area contributed by atoms with Gasteiger partial charge in [-0.3, -0.25) is 4.79 Å². The molecule has 1 unspecified atom stereocenters. The van der Waals surface area contributed by atoms with E-state index in [9.17, 15) is 4.79 Å². The average molecular weight is 327 g/mol. The minimum Gasteiger partial charge on any atom is -0.392 e. The minimum atomic E-state index is -0.816. The van der Waals surface area contributed by atoms with Crippen molar-refractivity contribution in [2.45, 2.75) is 25.8 Å². The fourth-order valence-corrected chi connectivity index (χ4v) is 3.14. The molecule has 21 heavy (non-hydrogen) atoms. The summed E-state index contributed by atoms with van der Waals surface area (Å²) in [7, 11) is 0. The van der Waals surface area contributed by atoms with Crippen molar-refractivity contribution in [2.24, 2.45) is 11.1 Å². The quantitative estimate of drug-likeness (QED) is 0.835. The zero-order valence-electron chi connectivity index (χ0n) is 11.9. The number of rotatable bonds is 4. The predicted octanol–water partition coefficient (Wildman–Crippen LogP) is 2.60. The van der Waals surface area contributed by atoms with Gasteiger partial charge in [-0.05, 0) is 31.4 Å². The Bertz CT molecular complexity index is 544. The van der Waals surface area contributed by atoms with Gasteiger partial charge in [0, 0.05) is 18.2 Å². The number of nitrogens with one attached hydrogen (secondary N) is 1. The summed E-state index contributed by atoms with van der Waals surface area (Å²) in [5.41, 5.74) is 5.89. The molecule has 1 aromatic rings. The number of amides is 1. The normalized spacial score (nSPS) is 18.8. The largest absolute Gasteiger partial charge is 0.392 e. The molecule has 3 N–H and O–H groups in total. The van der Waals surface area contributed by atoms with Crippen LogP contribution in [0.5, 0.6) is 0 Å². The molecule has 1 fully saturated rings. The van der Waals surface area contributed by atoms with Crippen molar-refractivity contribution >= 4 is 34.7 Å². The standard InChI is InChI=1S/C15H19ClN2O2S/c1-10(11-4-2-3-5-12(11)16)18-14(19)15(13(17)21)6-8-20-9-7-15/h2-5,10H,6-9H2,1H3,(H2,17,21)(H,18,19). The number of carbonyl (C=O) groups excluding carboxylic acids is 1. The first-order valence-electron chi connectivity index (χ1n) is 6.90. The van der Waals surface area contributed by atoms with Crippen LogP contribution in [0.25, 0.3) is 0 Å². The Hall–Kier alpha value is -1.17. The molecule has 6 heteroatoms. The topological polar surface area (TPSA) is 64.4 Å². The van der Waals surface area contributed by atoms with E-state index in [1.165, 1.54) is 0 Å². The second-order valence-corrected chi connectivity index (χ2v) is 6.12. The van der Waals surface area contributed by atoms with Gasteiger partial charge in [0.1, 0.15) is 5.41 Å². The molecule has 0 spiro atoms. The van der Waals surface area contributed by atoms with E-state index in [0.29, 0.717) is 31.1 Å². The van der Waals surface area contributed by atoms with Gasteiger partial charge >= 0.3 is 0 Å². The van der Waals surface area contributed by atoms with Gasteiger partial charge in [0.25, 0.3) is 0 Å². The molecule has 1 aliphatic rings. The Morgan fingerprint density at radius 1 is 1.43 bits per heavy atom. The molecular formula is C15H19ClN2O2S. The number of hydrogen-bond acceptors (Lipinski definition) is 3. The Morgan fingerprint density at radius 2 is 2.05 bits per heavy atom. The molecule has 4 nitrogen and oxygen atoms in total. The summed E-state index contributed by atoms with van der Waals surface area (Å²) < 4.78 is 5.32. The summed E-state index contributed by atoms with van der Waals surface area (Å²) in [6, 6.07) is 7.24. The van der Waals surface area contributed by atoms with Crippen molar-refractivity contribution in [3.8, 4) is 0 Å². The summed E-state index contributed by atoms with van der Waals surface area (Å²) in [5.74, 6) is -0.147. The lowest BCUT2D eigenvalue weighted by atomic mass is 9.79. The van der Waals surface area contributed by atoms with E-state index >= 15 is 0 Å². The van der Waals surface area contributed by atoms with E-state index in [1.807, 2.05) is 25.1 Å². The molecule has 0 aliphatic carbocycles. The van der Waals surface area contributed by atoms with E-state index in [0.717, 1.165) is 5.56 Å². The van der Waals surface area contributed by atoms with Gasteiger partial charge in [-0.25, -0.2) is 0 Å². The lowest BCUT2D eigenvalue weighted by Gasteiger charge is -2.35. The first kappa shape index (κ1) is 16.2. The monoisotopic (exact) mass is 326 g/mol. The van der Waals surface area contributed by atoms with Crippen LogP contribution in [-0.2, 0) is 9.53 Å². The van der Waals surface area contributed by atoms with Crippen LogP contribution in [0.1, 0.15) is 31.4 Å². The van der Waals surface area contributed by atoms with Crippen LogP contribution >= 0.6 is 23.8 Å². The Kier molecular flexibility index (Phi) is 5.19. The van der Waals surface area contributed by atoms with Crippen LogP contribution in [-0.4, -0.2) is 24.1 Å². The number of carbonyl (C=O) groups is 1. The average Bonchev–Trinajstić information content (AvgIpc) is 2.48. The fourth-order valence-electron chi connectivity index (χ4n) is 2.54. The van der Waals surface area contributed by atoms with Crippen LogP contribution in [0.2, 0.25) is 5.02 Å². The summed E-state index contributed by atoms with van der Waals surface area (Å²) in [6.07, 6.45) is 1.03. The zero-order valence-corrected chi connectivity index (χ0v) is 13.5. The van der Waals surface area contributed by atoms with Gasteiger partial charge in [-0.1, -0.05) is 42.0 Å². The molecule has 2 rings (SSSR count). The third-order valence-corrected chi connectivity index (χ3v) is 4.71. The van der Waals surface area contributed by atoms with Crippen molar-refractivity contribution in [2.75, 3.05) is 13.2 Å². The van der Waals surface area contributed by atoms with E-state index in [1.54, 1.807) is 6.07 Å². The predicted molar refractivity (Wildman–Crippen MR) is 87.3 cm³/mol. The Balaban J connectivity index is 2.16. The zero-order chi connectivity index (χ0) is 15.5. The third kappa shape index (κ3) is 3.36. The number of benzene rings is 1. The van der Waals surface area contributed by atoms with Crippen molar-refractivity contribution in [1.82, 2.24) is 5.32 Å². The molecule has 0 bridgehead atoms. The Morgan fingerprint density at radius 3 is 2.62 bits per heavy atom. The number of nitrogens with two attached hydrogens (primary N) is 1. The van der Waals surface area contributed by atoms with Crippen LogP contribution in [0.15, 0.2) is 24.3 Å². The lowest BCUT2D eigenvalue weighted by molar-refractivity contribution is -0.132. The summed E-state index contributed by atoms with van der Waals surface area (Å²) in [4.78, 5) is 12.9. The smallest absolute Gasteiger partial charge is 0.233 e. The highest BCUT2D eigenvalue weighted by Crippen LogP contribution is 2.32. The SMILES string of the molecule is CC(NC(=O)C1(C(N)=S)CCOCC1)c1ccccc1Cl. The maximum Gasteiger partial charge on any atom is 0.233 e. The van der Waals surface area contributed by atoms with Gasteiger partial charge in [0.05, 0.1) is 11.0 Å². The van der Waals surface area contributed by atoms with Gasteiger partial charge in [-0.2, -0.15) is 0 Å². The molecule has 1 atom stereocenters. The van der Waals surface area contributed by atoms with Gasteiger partial charge < -0.3 is 15.8 Å². The molecule has 1 heterocycles. The van der Waals surface area contributed by atoms with Crippen LogP contribution < -0.4 is 11.1 Å². The van der Waals surface area contributed by atoms with Crippen molar-refractivity contribution in [3.05, 3.63) is 34.9 Å². The second-order valence-electron chi connectivity index (χ2n) is 5.28. The second kappa shape index (κ2) is 6.73. The maximum atomic E-state index is 12.7. The third-order valence-electron chi connectivity index (χ3n) is 3.97. The van der Waals surface area contributed by atoms with E-state index < -0.39 is 5.41 Å². The van der Waals surface area contributed by atoms with Crippen molar-refractivity contribution < 1.29 is 9.53 Å². The van der Waals surface area contributed by atoms with Crippen molar-refractivity contribution in [1.29, 1.82) is 0 Å². The summed E-state index contributed by atoms with van der Waals surface area (Å²) in [6.45, 7) is 2.88. The number of halogens is 1. The maximum absolute atomic E-state index is 12.7. The number of thiocarbonyl (C=S) groups is 1. The molecule has 0 aromatic heterocycles. The molecular weight excluding hydrogens is 308 g/mol. The first-order valence-corrected chi connectivity index (χ1v) is 7.69. The van der Waals surface area contributed by atoms with E-state index in [2.05, 4.69) is 5.32 Å². The number of ether oxygens (including phenoxy) is 1. The summed E-state index contributed by atoms with van der Waals surface area (Å²) in [5, 5.41) is 3.61. The van der Waals surface area contributed by atoms with Gasteiger partial charge in [0.15, 0.2) is 0 Å². The minimum absolute atomic E-state index is 0.147. The lowest BCUT2D eigenvalue weighted by Crippen LogP contribution is -2.52. The highest BCUT2D eigenvalue weighted by molar-refractivity contribution is 7.80. The molecule has 1 aromatic carbocycles. The molecule has 0 saturated carbocycles. The van der Waals surface area contributed by atoms with E-state index in [4.69, 9.17) is 34.3 Å². The molecule has 114 valence electrons. The molecule has 1 saturated heterocycles. The molecule has 1 amide bonds. The highest BCUT2D eigenvalue weighted by atomic mass is 35.5. The first-order chi connectivity index (χ1) is 9.97. The fraction of sp³-hybridized carbons (Fsp3) is 0.467.